The lowest BCUT2D eigenvalue weighted by Gasteiger charge is -2.24. The monoisotopic (exact) mass is 266 g/mol. The van der Waals surface area contributed by atoms with E-state index in [0.717, 1.165) is 0 Å². The summed E-state index contributed by atoms with van der Waals surface area (Å²) in [5.41, 5.74) is 4.96. The van der Waals surface area contributed by atoms with Crippen molar-refractivity contribution in [2.24, 2.45) is 5.73 Å². The molecule has 2 nitrogen and oxygen atoms in total. The zero-order valence-electron chi connectivity index (χ0n) is 10.6. The van der Waals surface area contributed by atoms with Gasteiger partial charge in [0.25, 0.3) is 0 Å². The van der Waals surface area contributed by atoms with Crippen LogP contribution in [-0.2, 0) is 17.1 Å². The molecule has 1 rings (SSSR count). The van der Waals surface area contributed by atoms with Crippen LogP contribution in [-0.4, -0.2) is 4.98 Å². The van der Waals surface area contributed by atoms with E-state index < -0.39 is 22.1 Å². The predicted octanol–water partition coefficient (Wildman–Crippen LogP) is 3.65. The molecule has 0 saturated heterocycles. The second-order valence-corrected chi connectivity index (χ2v) is 6.67. The fourth-order valence-electron chi connectivity index (χ4n) is 1.39. The van der Waals surface area contributed by atoms with Crippen LogP contribution in [0.1, 0.15) is 50.2 Å². The first-order valence-corrected chi connectivity index (χ1v) is 6.03. The average Bonchev–Trinajstić information content (AvgIpc) is 2.42. The Labute approximate surface area is 103 Å². The average molecular weight is 266 g/mol. The smallest absolute Gasteiger partial charge is 0.321 e. The highest BCUT2D eigenvalue weighted by atomic mass is 32.1. The van der Waals surface area contributed by atoms with E-state index in [-0.39, 0.29) is 0 Å². The standard InChI is InChI=1S/C11H17F3N2S/c1-9(2,3)7-6(10(4,5)15)16-8(17-7)11(12,13)14/h15H2,1-5H3. The third kappa shape index (κ3) is 3.19. The normalized spacial score (nSPS) is 14.2. The highest BCUT2D eigenvalue weighted by Gasteiger charge is 2.39. The number of hydrogen-bond acceptors (Lipinski definition) is 3. The van der Waals surface area contributed by atoms with Gasteiger partial charge in [0.2, 0.25) is 0 Å². The minimum Gasteiger partial charge on any atom is -0.321 e. The Kier molecular flexibility index (Phi) is 3.35. The van der Waals surface area contributed by atoms with Gasteiger partial charge in [-0.05, 0) is 19.3 Å². The van der Waals surface area contributed by atoms with Crippen molar-refractivity contribution in [3.8, 4) is 0 Å². The second-order valence-electron chi connectivity index (χ2n) is 5.67. The second kappa shape index (κ2) is 3.95. The molecular formula is C11H17F3N2S. The molecule has 0 aromatic carbocycles. The summed E-state index contributed by atoms with van der Waals surface area (Å²) in [4.78, 5) is 4.28. The third-order valence-electron chi connectivity index (χ3n) is 2.16. The minimum absolute atomic E-state index is 0.335. The van der Waals surface area contributed by atoms with Crippen molar-refractivity contribution in [3.05, 3.63) is 15.6 Å². The van der Waals surface area contributed by atoms with E-state index in [2.05, 4.69) is 4.98 Å². The van der Waals surface area contributed by atoms with E-state index in [1.165, 1.54) is 0 Å². The quantitative estimate of drug-likeness (QED) is 0.842. The van der Waals surface area contributed by atoms with Crippen molar-refractivity contribution in [2.75, 3.05) is 0 Å². The first kappa shape index (κ1) is 14.4. The van der Waals surface area contributed by atoms with E-state index in [1.54, 1.807) is 13.8 Å². The summed E-state index contributed by atoms with van der Waals surface area (Å²) < 4.78 is 38.0. The van der Waals surface area contributed by atoms with Gasteiger partial charge < -0.3 is 5.73 Å². The van der Waals surface area contributed by atoms with Crippen molar-refractivity contribution < 1.29 is 13.2 Å². The Morgan fingerprint density at radius 1 is 1.06 bits per heavy atom. The van der Waals surface area contributed by atoms with Crippen LogP contribution in [0.15, 0.2) is 0 Å². The van der Waals surface area contributed by atoms with Crippen molar-refractivity contribution in [1.82, 2.24) is 4.98 Å². The Morgan fingerprint density at radius 2 is 1.53 bits per heavy atom. The Bertz CT molecular complexity index is 376. The van der Waals surface area contributed by atoms with Gasteiger partial charge in [-0.3, -0.25) is 0 Å². The van der Waals surface area contributed by atoms with Crippen LogP contribution in [0, 0.1) is 0 Å². The number of halogens is 3. The summed E-state index contributed by atoms with van der Waals surface area (Å²) in [5, 5.41) is -0.823. The maximum Gasteiger partial charge on any atom is 0.443 e. The minimum atomic E-state index is -4.41. The molecule has 0 amide bonds. The van der Waals surface area contributed by atoms with Crippen LogP contribution in [0.25, 0.3) is 0 Å². The van der Waals surface area contributed by atoms with Crippen molar-refractivity contribution in [3.63, 3.8) is 0 Å². The van der Waals surface area contributed by atoms with Gasteiger partial charge in [0.1, 0.15) is 0 Å². The number of alkyl halides is 3. The summed E-state index contributed by atoms with van der Waals surface area (Å²) in [6.07, 6.45) is -4.41. The number of rotatable bonds is 1. The van der Waals surface area contributed by atoms with Gasteiger partial charge in [0.05, 0.1) is 11.2 Å². The molecule has 0 aliphatic carbocycles. The molecule has 0 fully saturated rings. The van der Waals surface area contributed by atoms with Gasteiger partial charge in [-0.15, -0.1) is 11.3 Å². The number of nitrogens with zero attached hydrogens (tertiary/aromatic N) is 1. The van der Waals surface area contributed by atoms with Crippen LogP contribution < -0.4 is 5.73 Å². The molecule has 98 valence electrons. The van der Waals surface area contributed by atoms with Gasteiger partial charge in [-0.25, -0.2) is 4.98 Å². The lowest BCUT2D eigenvalue weighted by atomic mass is 9.88. The molecule has 0 spiro atoms. The van der Waals surface area contributed by atoms with Gasteiger partial charge in [0, 0.05) is 4.88 Å². The van der Waals surface area contributed by atoms with E-state index >= 15 is 0 Å². The zero-order chi connectivity index (χ0) is 13.6. The fourth-order valence-corrected chi connectivity index (χ4v) is 2.54. The molecule has 1 heterocycles. The Hall–Kier alpha value is -0.620. The Balaban J connectivity index is 3.44. The molecular weight excluding hydrogens is 249 g/mol. The van der Waals surface area contributed by atoms with E-state index in [1.807, 2.05) is 20.8 Å². The lowest BCUT2D eigenvalue weighted by molar-refractivity contribution is -0.137. The topological polar surface area (TPSA) is 38.9 Å². The van der Waals surface area contributed by atoms with Crippen molar-refractivity contribution in [2.45, 2.75) is 51.7 Å². The molecule has 0 unspecified atom stereocenters. The van der Waals surface area contributed by atoms with E-state index in [9.17, 15) is 13.2 Å². The number of thiazole rings is 1. The van der Waals surface area contributed by atoms with Crippen molar-refractivity contribution in [1.29, 1.82) is 0 Å². The lowest BCUT2D eigenvalue weighted by Crippen LogP contribution is -2.32. The molecule has 2 N–H and O–H groups in total. The summed E-state index contributed by atoms with van der Waals surface area (Å²) in [6, 6.07) is 0. The SMILES string of the molecule is CC(C)(C)c1sc(C(F)(F)F)nc1C(C)(C)N. The molecule has 1 aromatic rings. The van der Waals surface area contributed by atoms with Crippen LogP contribution in [0.4, 0.5) is 13.2 Å². The Morgan fingerprint density at radius 3 is 1.76 bits per heavy atom. The van der Waals surface area contributed by atoms with Gasteiger partial charge in [0.15, 0.2) is 5.01 Å². The molecule has 0 aliphatic rings. The van der Waals surface area contributed by atoms with Gasteiger partial charge >= 0.3 is 6.18 Å². The molecule has 0 radical (unpaired) electrons. The molecule has 0 saturated carbocycles. The highest BCUT2D eigenvalue weighted by molar-refractivity contribution is 7.12. The van der Waals surface area contributed by atoms with Gasteiger partial charge in [-0.2, -0.15) is 13.2 Å². The maximum absolute atomic E-state index is 12.7. The summed E-state index contributed by atoms with van der Waals surface area (Å²) in [6.45, 7) is 8.90. The molecule has 0 bridgehead atoms. The first-order valence-electron chi connectivity index (χ1n) is 5.21. The van der Waals surface area contributed by atoms with E-state index in [4.69, 9.17) is 5.73 Å². The van der Waals surface area contributed by atoms with Crippen LogP contribution >= 0.6 is 11.3 Å². The summed E-state index contributed by atoms with van der Waals surface area (Å²) >= 11 is 0.684. The molecule has 6 heteroatoms. The molecule has 17 heavy (non-hydrogen) atoms. The van der Waals surface area contributed by atoms with Gasteiger partial charge in [-0.1, -0.05) is 20.8 Å². The molecule has 1 aromatic heterocycles. The predicted molar refractivity (Wildman–Crippen MR) is 63.0 cm³/mol. The maximum atomic E-state index is 12.7. The summed E-state index contributed by atoms with van der Waals surface area (Å²) in [7, 11) is 0. The number of hydrogen-bond donors (Lipinski definition) is 1. The van der Waals surface area contributed by atoms with Crippen LogP contribution in [0.3, 0.4) is 0 Å². The van der Waals surface area contributed by atoms with Crippen LogP contribution in [0.5, 0.6) is 0 Å². The first-order chi connectivity index (χ1) is 7.33. The van der Waals surface area contributed by atoms with Crippen LogP contribution in [0.2, 0.25) is 0 Å². The summed E-state index contributed by atoms with van der Waals surface area (Å²) in [5.74, 6) is 0. The van der Waals surface area contributed by atoms with Crippen molar-refractivity contribution >= 4 is 11.3 Å². The number of aromatic nitrogens is 1. The molecule has 0 aliphatic heterocycles. The largest absolute Gasteiger partial charge is 0.443 e. The number of nitrogens with two attached hydrogens (primary N) is 1. The highest BCUT2D eigenvalue weighted by Crippen LogP contribution is 2.41. The third-order valence-corrected chi connectivity index (χ3v) is 3.69. The van der Waals surface area contributed by atoms with E-state index in [0.29, 0.717) is 21.9 Å². The fraction of sp³-hybridized carbons (Fsp3) is 0.727. The zero-order valence-corrected chi connectivity index (χ0v) is 11.4. The molecule has 0 atom stereocenters.